The molecular formula is C10H9NOS. The van der Waals surface area contributed by atoms with Crippen molar-refractivity contribution in [3.05, 3.63) is 35.7 Å². The summed E-state index contributed by atoms with van der Waals surface area (Å²) in [6.45, 7) is 0. The van der Waals surface area contributed by atoms with Crippen LogP contribution in [-0.4, -0.2) is 13.0 Å². The zero-order valence-electron chi connectivity index (χ0n) is 7.23. The van der Waals surface area contributed by atoms with Gasteiger partial charge < -0.3 is 4.74 Å². The number of benzene rings is 1. The molecule has 1 aromatic carbocycles. The molecule has 0 aliphatic carbocycles. The van der Waals surface area contributed by atoms with Crippen molar-refractivity contribution in [2.24, 2.45) is 4.99 Å². The van der Waals surface area contributed by atoms with Gasteiger partial charge >= 0.3 is 0 Å². The number of methoxy groups -OCH3 is 1. The van der Waals surface area contributed by atoms with Crippen LogP contribution in [0.2, 0.25) is 0 Å². The van der Waals surface area contributed by atoms with Crippen LogP contribution in [0.15, 0.2) is 45.6 Å². The van der Waals surface area contributed by atoms with Gasteiger partial charge in [-0.1, -0.05) is 23.9 Å². The lowest BCUT2D eigenvalue weighted by Gasteiger charge is -1.99. The van der Waals surface area contributed by atoms with Crippen LogP contribution < -0.4 is 0 Å². The molecule has 66 valence electrons. The van der Waals surface area contributed by atoms with Gasteiger partial charge in [-0.25, -0.2) is 4.99 Å². The maximum atomic E-state index is 5.08. The van der Waals surface area contributed by atoms with Crippen LogP contribution in [-0.2, 0) is 4.74 Å². The van der Waals surface area contributed by atoms with E-state index in [-0.39, 0.29) is 0 Å². The molecule has 1 aliphatic rings. The average molecular weight is 191 g/mol. The van der Waals surface area contributed by atoms with Crippen molar-refractivity contribution < 1.29 is 4.74 Å². The minimum atomic E-state index is 0.650. The zero-order valence-corrected chi connectivity index (χ0v) is 8.04. The molecule has 2 nitrogen and oxygen atoms in total. The molecule has 0 radical (unpaired) electrons. The Bertz CT molecular complexity index is 371. The minimum Gasteiger partial charge on any atom is -0.481 e. The molecule has 0 N–H and O–H groups in total. The summed E-state index contributed by atoms with van der Waals surface area (Å²) in [6, 6.07) is 8.01. The van der Waals surface area contributed by atoms with Gasteiger partial charge in [0.25, 0.3) is 0 Å². The van der Waals surface area contributed by atoms with E-state index in [2.05, 4.69) is 4.99 Å². The van der Waals surface area contributed by atoms with Gasteiger partial charge in [-0.3, -0.25) is 0 Å². The molecule has 0 bridgehead atoms. The predicted molar refractivity (Wildman–Crippen MR) is 55.5 cm³/mol. The highest BCUT2D eigenvalue weighted by Crippen LogP contribution is 2.32. The van der Waals surface area contributed by atoms with Gasteiger partial charge in [-0.2, -0.15) is 0 Å². The topological polar surface area (TPSA) is 21.6 Å². The van der Waals surface area contributed by atoms with Crippen molar-refractivity contribution in [2.75, 3.05) is 7.11 Å². The Balaban J connectivity index is 2.47. The molecular weight excluding hydrogens is 182 g/mol. The Morgan fingerprint density at radius 1 is 1.31 bits per heavy atom. The fraction of sp³-hybridized carbons (Fsp3) is 0.100. The van der Waals surface area contributed by atoms with Crippen molar-refractivity contribution in [2.45, 2.75) is 4.90 Å². The smallest absolute Gasteiger partial charge is 0.214 e. The van der Waals surface area contributed by atoms with Crippen molar-refractivity contribution in [3.63, 3.8) is 0 Å². The molecule has 0 saturated carbocycles. The van der Waals surface area contributed by atoms with E-state index in [0.717, 1.165) is 10.6 Å². The first-order valence-corrected chi connectivity index (χ1v) is 4.83. The summed E-state index contributed by atoms with van der Waals surface area (Å²) in [7, 11) is 1.63. The van der Waals surface area contributed by atoms with Crippen LogP contribution >= 0.6 is 11.8 Å². The maximum Gasteiger partial charge on any atom is 0.214 e. The highest BCUT2D eigenvalue weighted by Gasteiger charge is 2.04. The lowest BCUT2D eigenvalue weighted by Crippen LogP contribution is -1.93. The summed E-state index contributed by atoms with van der Waals surface area (Å²) in [4.78, 5) is 5.50. The Kier molecular flexibility index (Phi) is 2.36. The van der Waals surface area contributed by atoms with Crippen LogP contribution in [0.3, 0.4) is 0 Å². The van der Waals surface area contributed by atoms with Crippen LogP contribution in [0.25, 0.3) is 0 Å². The molecule has 13 heavy (non-hydrogen) atoms. The largest absolute Gasteiger partial charge is 0.481 e. The lowest BCUT2D eigenvalue weighted by molar-refractivity contribution is 0.407. The van der Waals surface area contributed by atoms with Gasteiger partial charge in [0.05, 0.1) is 12.8 Å². The second-order valence-corrected chi connectivity index (χ2v) is 3.49. The van der Waals surface area contributed by atoms with Gasteiger partial charge in [0.15, 0.2) is 0 Å². The first kappa shape index (κ1) is 8.38. The van der Waals surface area contributed by atoms with Crippen LogP contribution in [0.5, 0.6) is 0 Å². The molecule has 0 unspecified atom stereocenters. The second kappa shape index (κ2) is 3.66. The Labute approximate surface area is 81.3 Å². The van der Waals surface area contributed by atoms with E-state index in [1.165, 1.54) is 0 Å². The van der Waals surface area contributed by atoms with Crippen molar-refractivity contribution in [3.8, 4) is 0 Å². The molecule has 0 spiro atoms. The summed E-state index contributed by atoms with van der Waals surface area (Å²) in [5.74, 6) is 0.650. The monoisotopic (exact) mass is 191 g/mol. The van der Waals surface area contributed by atoms with Crippen LogP contribution in [0, 0.1) is 0 Å². The van der Waals surface area contributed by atoms with Gasteiger partial charge in [0.1, 0.15) is 0 Å². The van der Waals surface area contributed by atoms with E-state index >= 15 is 0 Å². The molecule has 1 aromatic rings. The quantitative estimate of drug-likeness (QED) is 0.628. The maximum absolute atomic E-state index is 5.08. The SMILES string of the molecule is COC1=Nc2ccccc2SC=C1. The number of hydrogen-bond acceptors (Lipinski definition) is 3. The van der Waals surface area contributed by atoms with Gasteiger partial charge in [0.2, 0.25) is 5.90 Å². The third-order valence-electron chi connectivity index (χ3n) is 1.71. The summed E-state index contributed by atoms with van der Waals surface area (Å²) in [6.07, 6.45) is 1.87. The van der Waals surface area contributed by atoms with Crippen molar-refractivity contribution in [1.82, 2.24) is 0 Å². The number of nitrogens with zero attached hydrogens (tertiary/aromatic N) is 1. The first-order chi connectivity index (χ1) is 6.40. The van der Waals surface area contributed by atoms with Gasteiger partial charge in [0, 0.05) is 11.0 Å². The molecule has 2 rings (SSSR count). The molecule has 0 fully saturated rings. The average Bonchev–Trinajstić information content (AvgIpc) is 2.38. The van der Waals surface area contributed by atoms with E-state index < -0.39 is 0 Å². The molecule has 0 atom stereocenters. The summed E-state index contributed by atoms with van der Waals surface area (Å²) < 4.78 is 5.08. The number of ether oxygens (including phenoxy) is 1. The first-order valence-electron chi connectivity index (χ1n) is 3.95. The standard InChI is InChI=1S/C10H9NOS/c1-12-10-6-7-13-9-5-3-2-4-8(9)11-10/h2-7H,1H3. The number of aliphatic imine (C=N–C) groups is 1. The second-order valence-electron chi connectivity index (χ2n) is 2.54. The Hall–Kier alpha value is -1.22. The summed E-state index contributed by atoms with van der Waals surface area (Å²) >= 11 is 1.65. The molecule has 0 saturated heterocycles. The molecule has 1 aliphatic heterocycles. The fourth-order valence-electron chi connectivity index (χ4n) is 1.08. The third kappa shape index (κ3) is 1.75. The minimum absolute atomic E-state index is 0.650. The number of fused-ring (bicyclic) bond motifs is 1. The molecule has 3 heteroatoms. The third-order valence-corrected chi connectivity index (χ3v) is 2.58. The van der Waals surface area contributed by atoms with E-state index in [0.29, 0.717) is 5.90 Å². The van der Waals surface area contributed by atoms with E-state index in [4.69, 9.17) is 4.74 Å². The number of thioether (sulfide) groups is 1. The number of para-hydroxylation sites is 1. The zero-order chi connectivity index (χ0) is 9.10. The van der Waals surface area contributed by atoms with Gasteiger partial charge in [-0.15, -0.1) is 0 Å². The summed E-state index contributed by atoms with van der Waals surface area (Å²) in [5, 5.41) is 1.98. The molecule has 1 heterocycles. The summed E-state index contributed by atoms with van der Waals surface area (Å²) in [5.41, 5.74) is 0.967. The predicted octanol–water partition coefficient (Wildman–Crippen LogP) is 2.98. The van der Waals surface area contributed by atoms with Crippen molar-refractivity contribution in [1.29, 1.82) is 0 Å². The Morgan fingerprint density at radius 3 is 3.00 bits per heavy atom. The number of rotatable bonds is 0. The number of hydrogen-bond donors (Lipinski definition) is 0. The normalized spacial score (nSPS) is 14.4. The molecule has 0 amide bonds. The van der Waals surface area contributed by atoms with E-state index in [9.17, 15) is 0 Å². The Morgan fingerprint density at radius 2 is 2.15 bits per heavy atom. The highest BCUT2D eigenvalue weighted by molar-refractivity contribution is 8.02. The van der Waals surface area contributed by atoms with E-state index in [1.807, 2.05) is 35.7 Å². The van der Waals surface area contributed by atoms with Crippen molar-refractivity contribution >= 4 is 23.3 Å². The lowest BCUT2D eigenvalue weighted by atomic mass is 10.3. The highest BCUT2D eigenvalue weighted by atomic mass is 32.2. The molecule has 0 aromatic heterocycles. The van der Waals surface area contributed by atoms with E-state index in [1.54, 1.807) is 18.9 Å². The van der Waals surface area contributed by atoms with Crippen LogP contribution in [0.4, 0.5) is 5.69 Å². The van der Waals surface area contributed by atoms with Gasteiger partial charge in [-0.05, 0) is 17.5 Å². The fourth-order valence-corrected chi connectivity index (χ4v) is 1.81. The van der Waals surface area contributed by atoms with Crippen LogP contribution in [0.1, 0.15) is 0 Å².